The van der Waals surface area contributed by atoms with Gasteiger partial charge in [-0.15, -0.1) is 0 Å². The number of rotatable bonds is 16. The van der Waals surface area contributed by atoms with Crippen LogP contribution in [0.25, 0.3) is 11.1 Å². The van der Waals surface area contributed by atoms with Gasteiger partial charge in [-0.3, -0.25) is 38.4 Å². The topological polar surface area (TPSA) is 267 Å². The number of thioether (sulfide) groups is 1. The monoisotopic (exact) mass is 945 g/mol. The highest BCUT2D eigenvalue weighted by atomic mass is 32.2. The summed E-state index contributed by atoms with van der Waals surface area (Å²) in [6.45, 7) is 7.29. The van der Waals surface area contributed by atoms with Crippen molar-refractivity contribution in [1.82, 2.24) is 5.32 Å². The van der Waals surface area contributed by atoms with Crippen LogP contribution in [-0.2, 0) is 90.5 Å². The molecule has 21 nitrogen and oxygen atoms in total. The van der Waals surface area contributed by atoms with E-state index in [1.54, 1.807) is 0 Å². The van der Waals surface area contributed by atoms with Gasteiger partial charge in [-0.05, 0) is 29.2 Å². The Morgan fingerprint density at radius 2 is 0.970 bits per heavy atom. The van der Waals surface area contributed by atoms with E-state index in [0.29, 0.717) is 11.8 Å². The molecule has 1 aliphatic carbocycles. The molecule has 2 saturated heterocycles. The second-order valence-corrected chi connectivity index (χ2v) is 16.4. The average molecular weight is 946 g/mol. The van der Waals surface area contributed by atoms with Gasteiger partial charge in [-0.1, -0.05) is 60.3 Å². The lowest BCUT2D eigenvalue weighted by Crippen LogP contribution is -2.67. The molecule has 22 heteroatoms. The van der Waals surface area contributed by atoms with Crippen molar-refractivity contribution in [2.75, 3.05) is 19.8 Å². The van der Waals surface area contributed by atoms with E-state index >= 15 is 0 Å². The van der Waals surface area contributed by atoms with E-state index < -0.39 is 133 Å². The number of benzene rings is 2. The van der Waals surface area contributed by atoms with E-state index in [9.17, 15) is 43.2 Å². The van der Waals surface area contributed by atoms with Crippen molar-refractivity contribution in [2.45, 2.75) is 128 Å². The molecule has 0 radical (unpaired) electrons. The molecule has 2 heterocycles. The van der Waals surface area contributed by atoms with Crippen LogP contribution in [0, 0.1) is 0 Å². The second-order valence-electron chi connectivity index (χ2n) is 15.3. The number of nitrogens with one attached hydrogen (secondary N) is 1. The zero-order valence-corrected chi connectivity index (χ0v) is 38.1. The number of fused-ring (bicyclic) bond motifs is 3. The van der Waals surface area contributed by atoms with Crippen LogP contribution in [0.4, 0.5) is 4.79 Å². The van der Waals surface area contributed by atoms with Crippen molar-refractivity contribution >= 4 is 64.8 Å². The molecule has 0 bridgehead atoms. The van der Waals surface area contributed by atoms with Gasteiger partial charge in [0.1, 0.15) is 38.1 Å². The third kappa shape index (κ3) is 13.3. The van der Waals surface area contributed by atoms with Gasteiger partial charge >= 0.3 is 47.9 Å². The molecule has 1 N–H and O–H groups in total. The summed E-state index contributed by atoms with van der Waals surface area (Å²) in [5.74, 6) is -6.55. The Bertz CT molecular complexity index is 2120. The van der Waals surface area contributed by atoms with Crippen LogP contribution in [0.2, 0.25) is 0 Å². The molecule has 11 atom stereocenters. The van der Waals surface area contributed by atoms with Gasteiger partial charge < -0.3 is 57.4 Å². The van der Waals surface area contributed by atoms with E-state index in [1.807, 2.05) is 48.5 Å². The molecule has 66 heavy (non-hydrogen) atoms. The van der Waals surface area contributed by atoms with E-state index in [0.717, 1.165) is 70.7 Å². The second kappa shape index (κ2) is 22.9. The van der Waals surface area contributed by atoms with Crippen LogP contribution in [-0.4, -0.2) is 139 Å². The van der Waals surface area contributed by atoms with Crippen molar-refractivity contribution in [3.63, 3.8) is 0 Å². The lowest BCUT2D eigenvalue weighted by atomic mass is 9.96. The van der Waals surface area contributed by atoms with Gasteiger partial charge in [0, 0.05) is 54.4 Å². The standard InChI is InChI=1S/C44H51NO20S/c1-20(45-44(54)57-17-32-30-15-11-9-13-28(30)29-14-10-12-16-31(29)32)41(53)66-43-40(62-27(8)52)38(60-25(6)50)36(34(64-43)19-56-22(3)47)65-42-39(61-26(7)51)37(59-24(5)49)35(58-23(4)48)33(63-42)18-55-21(2)46/h9-16,20,32-40,42-43H,17-19H2,1-8H3,(H,45,54)/t20-,33-,34-,35-,36-,37+,38+,39-,40-,42+,43+/m1/s1. The zero-order chi connectivity index (χ0) is 48.4. The van der Waals surface area contributed by atoms with Crippen LogP contribution in [0.15, 0.2) is 48.5 Å². The first-order valence-electron chi connectivity index (χ1n) is 20.6. The maximum atomic E-state index is 13.9. The highest BCUT2D eigenvalue weighted by molar-refractivity contribution is 8.14. The lowest BCUT2D eigenvalue weighted by Gasteiger charge is -2.48. The Morgan fingerprint density at radius 1 is 0.530 bits per heavy atom. The van der Waals surface area contributed by atoms with Crippen molar-refractivity contribution < 1.29 is 95.3 Å². The summed E-state index contributed by atoms with van der Waals surface area (Å²) in [5, 5.41) is 1.76. The first-order chi connectivity index (χ1) is 31.2. The Hall–Kier alpha value is -6.10. The predicted molar refractivity (Wildman–Crippen MR) is 223 cm³/mol. The van der Waals surface area contributed by atoms with Crippen LogP contribution < -0.4 is 5.32 Å². The molecule has 2 aromatic rings. The summed E-state index contributed by atoms with van der Waals surface area (Å²) in [4.78, 5) is 114. The summed E-state index contributed by atoms with van der Waals surface area (Å²) >= 11 is 0.443. The predicted octanol–water partition coefficient (Wildman–Crippen LogP) is 2.79. The van der Waals surface area contributed by atoms with Crippen LogP contribution in [0.1, 0.15) is 72.4 Å². The third-order valence-electron chi connectivity index (χ3n) is 10.1. The summed E-state index contributed by atoms with van der Waals surface area (Å²) < 4.78 is 62.5. The summed E-state index contributed by atoms with van der Waals surface area (Å²) in [6.07, 6.45) is -16.0. The number of hydrogen-bond acceptors (Lipinski definition) is 21. The SMILES string of the molecule is CC(=O)OC[C@H]1O[C@@H](SC(=O)[C@@H](C)NC(=O)OCC2c3ccccc3-c3ccccc32)[C@H](OC(C)=O)[C@@H](OC(C)=O)[C@@H]1O[C@@H]1O[C@H](COC(C)=O)[C@@H](OC(C)=O)[C@H](OC(C)=O)[C@H]1OC(C)=O. The number of amides is 1. The molecular formula is C44H51NO20S. The fraction of sp³-hybridized carbons (Fsp3) is 0.523. The fourth-order valence-electron chi connectivity index (χ4n) is 7.66. The van der Waals surface area contributed by atoms with Crippen LogP contribution in [0.5, 0.6) is 0 Å². The molecule has 2 fully saturated rings. The first kappa shape index (κ1) is 50.9. The highest BCUT2D eigenvalue weighted by Crippen LogP contribution is 2.45. The molecule has 358 valence electrons. The smallest absolute Gasteiger partial charge is 0.407 e. The van der Waals surface area contributed by atoms with Crippen LogP contribution >= 0.6 is 11.8 Å². The van der Waals surface area contributed by atoms with E-state index in [2.05, 4.69) is 5.32 Å². The van der Waals surface area contributed by atoms with Crippen molar-refractivity contribution in [3.05, 3.63) is 59.7 Å². The number of esters is 7. The number of carbonyl (C=O) groups is 9. The van der Waals surface area contributed by atoms with Gasteiger partial charge in [0.15, 0.2) is 42.2 Å². The minimum absolute atomic E-state index is 0.0446. The van der Waals surface area contributed by atoms with Gasteiger partial charge in [-0.2, -0.15) is 0 Å². The van der Waals surface area contributed by atoms with E-state index in [1.165, 1.54) is 6.92 Å². The maximum absolute atomic E-state index is 13.9. The maximum Gasteiger partial charge on any atom is 0.407 e. The molecule has 1 amide bonds. The third-order valence-corrected chi connectivity index (χ3v) is 11.3. The summed E-state index contributed by atoms with van der Waals surface area (Å²) in [6, 6.07) is 14.2. The zero-order valence-electron chi connectivity index (χ0n) is 37.2. The van der Waals surface area contributed by atoms with Gasteiger partial charge in [-0.25, -0.2) is 4.79 Å². The molecule has 0 spiro atoms. The van der Waals surface area contributed by atoms with Crippen molar-refractivity contribution in [1.29, 1.82) is 0 Å². The molecule has 5 rings (SSSR count). The molecular weight excluding hydrogens is 895 g/mol. The first-order valence-corrected chi connectivity index (χ1v) is 21.5. The largest absolute Gasteiger partial charge is 0.463 e. The minimum atomic E-state index is -1.89. The molecule has 0 unspecified atom stereocenters. The highest BCUT2D eigenvalue weighted by Gasteiger charge is 2.58. The van der Waals surface area contributed by atoms with Gasteiger partial charge in [0.05, 0.1) is 6.04 Å². The molecule has 0 aromatic heterocycles. The number of alkyl carbamates (subject to hydrolysis) is 1. The summed E-state index contributed by atoms with van der Waals surface area (Å²) in [7, 11) is 0. The Kier molecular flexibility index (Phi) is 17.6. The number of ether oxygens (including phenoxy) is 11. The average Bonchev–Trinajstić information content (AvgIpc) is 3.55. The Labute approximate surface area is 383 Å². The fourth-order valence-corrected chi connectivity index (χ4v) is 8.69. The van der Waals surface area contributed by atoms with Crippen LogP contribution in [0.3, 0.4) is 0 Å². The molecule has 0 saturated carbocycles. The van der Waals surface area contributed by atoms with Crippen molar-refractivity contribution in [3.8, 4) is 11.1 Å². The molecule has 2 aromatic carbocycles. The van der Waals surface area contributed by atoms with Crippen molar-refractivity contribution in [2.24, 2.45) is 0 Å². The number of carbonyl (C=O) groups excluding carboxylic acids is 9. The van der Waals surface area contributed by atoms with E-state index in [-0.39, 0.29) is 12.5 Å². The van der Waals surface area contributed by atoms with Gasteiger partial charge in [0.25, 0.3) is 0 Å². The minimum Gasteiger partial charge on any atom is -0.463 e. The molecule has 3 aliphatic rings. The van der Waals surface area contributed by atoms with Gasteiger partial charge in [0.2, 0.25) is 5.12 Å². The Morgan fingerprint density at radius 3 is 1.47 bits per heavy atom. The quantitative estimate of drug-likeness (QED) is 0.187. The van der Waals surface area contributed by atoms with E-state index in [4.69, 9.17) is 52.1 Å². The normalized spacial score (nSPS) is 25.9. The number of hydrogen-bond donors (Lipinski definition) is 1. The molecule has 2 aliphatic heterocycles. The Balaban J connectivity index is 1.42. The summed E-state index contributed by atoms with van der Waals surface area (Å²) in [5.41, 5.74) is 2.43. The lowest BCUT2D eigenvalue weighted by molar-refractivity contribution is -0.341.